The minimum absolute atomic E-state index is 0.0834. The molecule has 1 aliphatic rings. The maximum atomic E-state index is 11.8. The number of carbonyl (C=O) groups is 1. The average Bonchev–Trinajstić information content (AvgIpc) is 2.75. The van der Waals surface area contributed by atoms with E-state index in [1.54, 1.807) is 0 Å². The van der Waals surface area contributed by atoms with E-state index in [1.165, 1.54) is 12.8 Å². The number of likely N-dealkylation sites (N-methyl/N-ethyl adjacent to an activating group) is 1. The molecule has 1 amide bonds. The zero-order chi connectivity index (χ0) is 13.0. The molecule has 4 heteroatoms. The van der Waals surface area contributed by atoms with Crippen LogP contribution >= 0.6 is 0 Å². The van der Waals surface area contributed by atoms with Gasteiger partial charge in [-0.2, -0.15) is 0 Å². The Morgan fingerprint density at radius 2 is 2.17 bits per heavy atom. The lowest BCUT2D eigenvalue weighted by molar-refractivity contribution is -0.120. The van der Waals surface area contributed by atoms with Crippen LogP contribution in [-0.2, 0) is 11.2 Å². The lowest BCUT2D eigenvalue weighted by Crippen LogP contribution is -2.38. The van der Waals surface area contributed by atoms with Crippen LogP contribution in [0, 0.1) is 0 Å². The minimum atomic E-state index is 0.0834. The number of anilines is 1. The molecule has 2 rings (SSSR count). The van der Waals surface area contributed by atoms with Crippen molar-refractivity contribution in [3.8, 4) is 0 Å². The van der Waals surface area contributed by atoms with E-state index in [0.717, 1.165) is 24.3 Å². The van der Waals surface area contributed by atoms with Gasteiger partial charge in [-0.1, -0.05) is 12.1 Å². The first-order chi connectivity index (χ1) is 8.65. The van der Waals surface area contributed by atoms with Gasteiger partial charge >= 0.3 is 0 Å². The molecule has 1 aliphatic heterocycles. The first-order valence-corrected chi connectivity index (χ1v) is 6.46. The van der Waals surface area contributed by atoms with Crippen molar-refractivity contribution in [1.82, 2.24) is 10.2 Å². The number of nitrogens with two attached hydrogens (primary N) is 1. The lowest BCUT2D eigenvalue weighted by atomic mass is 10.1. The molecule has 1 aromatic carbocycles. The van der Waals surface area contributed by atoms with Gasteiger partial charge in [0.2, 0.25) is 5.91 Å². The van der Waals surface area contributed by atoms with Crippen molar-refractivity contribution < 1.29 is 4.79 Å². The van der Waals surface area contributed by atoms with E-state index in [9.17, 15) is 4.79 Å². The zero-order valence-corrected chi connectivity index (χ0v) is 10.9. The number of likely N-dealkylation sites (tertiary alicyclic amines) is 1. The quantitative estimate of drug-likeness (QED) is 0.781. The van der Waals surface area contributed by atoms with Crippen molar-refractivity contribution in [2.75, 3.05) is 25.9 Å². The average molecular weight is 247 g/mol. The van der Waals surface area contributed by atoms with E-state index in [4.69, 9.17) is 5.73 Å². The van der Waals surface area contributed by atoms with Gasteiger partial charge in [-0.05, 0) is 44.1 Å². The highest BCUT2D eigenvalue weighted by Gasteiger charge is 2.20. The Morgan fingerprint density at radius 3 is 2.78 bits per heavy atom. The largest absolute Gasteiger partial charge is 0.399 e. The van der Waals surface area contributed by atoms with Crippen LogP contribution in [0.4, 0.5) is 5.69 Å². The summed E-state index contributed by atoms with van der Waals surface area (Å²) in [6.45, 7) is 1.89. The van der Waals surface area contributed by atoms with Crippen LogP contribution in [0.2, 0.25) is 0 Å². The van der Waals surface area contributed by atoms with Gasteiger partial charge in [-0.25, -0.2) is 0 Å². The Bertz CT molecular complexity index is 402. The molecule has 1 aromatic rings. The number of nitrogen functional groups attached to an aromatic ring is 1. The third-order valence-corrected chi connectivity index (χ3v) is 3.55. The van der Waals surface area contributed by atoms with Crippen molar-refractivity contribution in [3.05, 3.63) is 29.8 Å². The van der Waals surface area contributed by atoms with Crippen molar-refractivity contribution in [3.63, 3.8) is 0 Å². The summed E-state index contributed by atoms with van der Waals surface area (Å²) in [6.07, 6.45) is 2.84. The summed E-state index contributed by atoms with van der Waals surface area (Å²) in [5.41, 5.74) is 7.34. The standard InChI is InChI=1S/C14H21N3O/c1-17-8-2-3-13(17)10-16-14(18)9-11-4-6-12(15)7-5-11/h4-7,13H,2-3,8-10,15H2,1H3,(H,16,18). The molecule has 98 valence electrons. The first-order valence-electron chi connectivity index (χ1n) is 6.46. The highest BCUT2D eigenvalue weighted by Crippen LogP contribution is 2.13. The van der Waals surface area contributed by atoms with E-state index < -0.39 is 0 Å². The second-order valence-corrected chi connectivity index (χ2v) is 5.00. The third-order valence-electron chi connectivity index (χ3n) is 3.55. The molecule has 0 bridgehead atoms. The third kappa shape index (κ3) is 3.47. The fraction of sp³-hybridized carbons (Fsp3) is 0.500. The molecule has 0 spiro atoms. The fourth-order valence-corrected chi connectivity index (χ4v) is 2.35. The van der Waals surface area contributed by atoms with Gasteiger partial charge < -0.3 is 16.0 Å². The number of amides is 1. The maximum absolute atomic E-state index is 11.8. The number of hydrogen-bond donors (Lipinski definition) is 2. The van der Waals surface area contributed by atoms with Crippen LogP contribution in [0.3, 0.4) is 0 Å². The molecule has 3 N–H and O–H groups in total. The summed E-state index contributed by atoms with van der Waals surface area (Å²) in [5, 5.41) is 3.01. The van der Waals surface area contributed by atoms with Gasteiger partial charge in [-0.3, -0.25) is 4.79 Å². The smallest absolute Gasteiger partial charge is 0.224 e. The Kier molecular flexibility index (Phi) is 4.20. The topological polar surface area (TPSA) is 58.4 Å². The summed E-state index contributed by atoms with van der Waals surface area (Å²) < 4.78 is 0. The molecule has 0 aromatic heterocycles. The van der Waals surface area contributed by atoms with Gasteiger partial charge in [-0.15, -0.1) is 0 Å². The molecule has 0 aliphatic carbocycles. The second-order valence-electron chi connectivity index (χ2n) is 5.00. The van der Waals surface area contributed by atoms with Gasteiger partial charge in [0, 0.05) is 18.3 Å². The van der Waals surface area contributed by atoms with Crippen LogP contribution < -0.4 is 11.1 Å². The Labute approximate surface area is 108 Å². The fourth-order valence-electron chi connectivity index (χ4n) is 2.35. The Morgan fingerprint density at radius 1 is 1.44 bits per heavy atom. The molecule has 1 heterocycles. The second kappa shape index (κ2) is 5.87. The molecule has 1 unspecified atom stereocenters. The van der Waals surface area contributed by atoms with Crippen LogP contribution in [0.15, 0.2) is 24.3 Å². The summed E-state index contributed by atoms with van der Waals surface area (Å²) >= 11 is 0. The van der Waals surface area contributed by atoms with Gasteiger partial charge in [0.25, 0.3) is 0 Å². The molecule has 1 saturated heterocycles. The van der Waals surface area contributed by atoms with Crippen molar-refractivity contribution >= 4 is 11.6 Å². The van der Waals surface area contributed by atoms with Crippen LogP contribution in [-0.4, -0.2) is 37.0 Å². The summed E-state index contributed by atoms with van der Waals surface area (Å²) in [6, 6.07) is 7.95. The molecular formula is C14H21N3O. The molecule has 18 heavy (non-hydrogen) atoms. The molecular weight excluding hydrogens is 226 g/mol. The Hall–Kier alpha value is -1.55. The summed E-state index contributed by atoms with van der Waals surface area (Å²) in [4.78, 5) is 14.1. The van der Waals surface area contributed by atoms with Crippen LogP contribution in [0.25, 0.3) is 0 Å². The number of nitrogens with one attached hydrogen (secondary N) is 1. The Balaban J connectivity index is 1.76. The number of rotatable bonds is 4. The summed E-state index contributed by atoms with van der Waals surface area (Å²) in [5.74, 6) is 0.0834. The highest BCUT2D eigenvalue weighted by atomic mass is 16.1. The van der Waals surface area contributed by atoms with Crippen molar-refractivity contribution in [2.45, 2.75) is 25.3 Å². The minimum Gasteiger partial charge on any atom is -0.399 e. The van der Waals surface area contributed by atoms with Crippen molar-refractivity contribution in [2.24, 2.45) is 0 Å². The SMILES string of the molecule is CN1CCCC1CNC(=O)Cc1ccc(N)cc1. The molecule has 1 atom stereocenters. The number of carbonyl (C=O) groups excluding carboxylic acids is 1. The first kappa shape index (κ1) is 12.9. The predicted octanol–water partition coefficient (Wildman–Crippen LogP) is 1.02. The van der Waals surface area contributed by atoms with Gasteiger partial charge in [0.15, 0.2) is 0 Å². The van der Waals surface area contributed by atoms with Crippen LogP contribution in [0.5, 0.6) is 0 Å². The van der Waals surface area contributed by atoms with Crippen molar-refractivity contribution in [1.29, 1.82) is 0 Å². The van der Waals surface area contributed by atoms with E-state index in [0.29, 0.717) is 12.5 Å². The number of hydrogen-bond acceptors (Lipinski definition) is 3. The maximum Gasteiger partial charge on any atom is 0.224 e. The highest BCUT2D eigenvalue weighted by molar-refractivity contribution is 5.78. The molecule has 0 saturated carbocycles. The number of benzene rings is 1. The molecule has 4 nitrogen and oxygen atoms in total. The van der Waals surface area contributed by atoms with E-state index in [1.807, 2.05) is 24.3 Å². The normalized spacial score (nSPS) is 19.9. The number of nitrogens with zero attached hydrogens (tertiary/aromatic N) is 1. The predicted molar refractivity (Wildman–Crippen MR) is 73.2 cm³/mol. The van der Waals surface area contributed by atoms with Gasteiger partial charge in [0.1, 0.15) is 0 Å². The molecule has 1 fully saturated rings. The zero-order valence-electron chi connectivity index (χ0n) is 10.9. The van der Waals surface area contributed by atoms with E-state index in [2.05, 4.69) is 17.3 Å². The van der Waals surface area contributed by atoms with Gasteiger partial charge in [0.05, 0.1) is 6.42 Å². The lowest BCUT2D eigenvalue weighted by Gasteiger charge is -2.19. The van der Waals surface area contributed by atoms with Crippen LogP contribution in [0.1, 0.15) is 18.4 Å². The van der Waals surface area contributed by atoms with E-state index >= 15 is 0 Å². The van der Waals surface area contributed by atoms with E-state index in [-0.39, 0.29) is 5.91 Å². The monoisotopic (exact) mass is 247 g/mol. The summed E-state index contributed by atoms with van der Waals surface area (Å²) in [7, 11) is 2.11. The molecule has 0 radical (unpaired) electrons.